The van der Waals surface area contributed by atoms with Gasteiger partial charge in [-0.1, -0.05) is 12.1 Å². The van der Waals surface area contributed by atoms with Gasteiger partial charge < -0.3 is 4.74 Å². The molecule has 1 amide bonds. The number of halogens is 1. The smallest absolute Gasteiger partial charge is 0.411 e. The van der Waals surface area contributed by atoms with Crippen molar-refractivity contribution in [1.29, 1.82) is 0 Å². The molecule has 0 aliphatic carbocycles. The van der Waals surface area contributed by atoms with Crippen LogP contribution in [0.3, 0.4) is 0 Å². The summed E-state index contributed by atoms with van der Waals surface area (Å²) in [7, 11) is 0. The molecule has 8 nitrogen and oxygen atoms in total. The van der Waals surface area contributed by atoms with Crippen LogP contribution in [0.15, 0.2) is 24.3 Å². The minimum absolute atomic E-state index is 0.0527. The lowest BCUT2D eigenvalue weighted by atomic mass is 10.0. The summed E-state index contributed by atoms with van der Waals surface area (Å²) in [4.78, 5) is 16.9. The molecular weight excluding hydrogens is 339 g/mol. The Morgan fingerprint density at radius 2 is 2.00 bits per heavy atom. The van der Waals surface area contributed by atoms with Crippen LogP contribution in [0.2, 0.25) is 0 Å². The maximum absolute atomic E-state index is 13.3. The standard InChI is InChI=1S/C17H19FN6O2/c18-13-3-1-11(2-4-13)15-16-19-20-21-24(16)8-7-23(15)17(25)26-14-10-22-6-5-12(14)9-22/h1-4,12,14-15H,5-10H2. The van der Waals surface area contributed by atoms with Crippen molar-refractivity contribution in [2.45, 2.75) is 25.1 Å². The van der Waals surface area contributed by atoms with Crippen LogP contribution in [0.1, 0.15) is 23.9 Å². The van der Waals surface area contributed by atoms with Gasteiger partial charge in [-0.3, -0.25) is 9.80 Å². The fourth-order valence-corrected chi connectivity index (χ4v) is 4.27. The Bertz CT molecular complexity index is 825. The van der Waals surface area contributed by atoms with Crippen LogP contribution >= 0.6 is 0 Å². The summed E-state index contributed by atoms with van der Waals surface area (Å²) in [6, 6.07) is 5.60. The lowest BCUT2D eigenvalue weighted by molar-refractivity contribution is 0.0286. The summed E-state index contributed by atoms with van der Waals surface area (Å²) in [5, 5.41) is 11.8. The second-order valence-corrected chi connectivity index (χ2v) is 7.14. The molecule has 0 radical (unpaired) electrons. The molecule has 3 aliphatic rings. The molecule has 1 aromatic carbocycles. The molecule has 4 unspecified atom stereocenters. The van der Waals surface area contributed by atoms with E-state index in [2.05, 4.69) is 20.4 Å². The summed E-state index contributed by atoms with van der Waals surface area (Å²) < 4.78 is 20.9. The minimum atomic E-state index is -0.481. The zero-order valence-electron chi connectivity index (χ0n) is 14.2. The molecule has 136 valence electrons. The highest BCUT2D eigenvalue weighted by atomic mass is 19.1. The first-order valence-corrected chi connectivity index (χ1v) is 8.90. The first-order valence-electron chi connectivity index (χ1n) is 8.90. The zero-order valence-corrected chi connectivity index (χ0v) is 14.2. The molecule has 4 heterocycles. The highest BCUT2D eigenvalue weighted by molar-refractivity contribution is 5.69. The van der Waals surface area contributed by atoms with Crippen LogP contribution in [0.5, 0.6) is 0 Å². The molecule has 26 heavy (non-hydrogen) atoms. The lowest BCUT2D eigenvalue weighted by Crippen LogP contribution is -2.45. The number of hydrogen-bond acceptors (Lipinski definition) is 6. The van der Waals surface area contributed by atoms with Crippen LogP contribution in [0.25, 0.3) is 0 Å². The van der Waals surface area contributed by atoms with Gasteiger partial charge in [0.2, 0.25) is 0 Å². The first kappa shape index (κ1) is 15.7. The van der Waals surface area contributed by atoms with E-state index in [0.717, 1.165) is 31.6 Å². The number of rotatable bonds is 2. The molecule has 5 rings (SSSR count). The van der Waals surface area contributed by atoms with Gasteiger partial charge in [0.15, 0.2) is 5.82 Å². The topological polar surface area (TPSA) is 76.4 Å². The predicted octanol–water partition coefficient (Wildman–Crippen LogP) is 1.06. The van der Waals surface area contributed by atoms with E-state index in [0.29, 0.717) is 24.8 Å². The van der Waals surface area contributed by atoms with E-state index in [4.69, 9.17) is 4.74 Å². The van der Waals surface area contributed by atoms with Crippen LogP contribution < -0.4 is 0 Å². The summed E-state index contributed by atoms with van der Waals surface area (Å²) in [6.45, 7) is 3.87. The quantitative estimate of drug-likeness (QED) is 0.799. The number of nitrogens with zero attached hydrogens (tertiary/aromatic N) is 6. The molecule has 2 bridgehead atoms. The third-order valence-electron chi connectivity index (χ3n) is 5.61. The molecule has 1 aromatic heterocycles. The number of fused-ring (bicyclic) bond motifs is 3. The van der Waals surface area contributed by atoms with E-state index in [1.807, 2.05) is 0 Å². The van der Waals surface area contributed by atoms with Crippen LogP contribution in [-0.4, -0.2) is 68.4 Å². The number of carbonyl (C=O) groups is 1. The van der Waals surface area contributed by atoms with Crippen molar-refractivity contribution >= 4 is 6.09 Å². The Kier molecular flexibility index (Phi) is 3.63. The van der Waals surface area contributed by atoms with E-state index in [9.17, 15) is 9.18 Å². The zero-order chi connectivity index (χ0) is 17.7. The van der Waals surface area contributed by atoms with Crippen molar-refractivity contribution in [2.75, 3.05) is 26.2 Å². The minimum Gasteiger partial charge on any atom is -0.444 e. The summed E-state index contributed by atoms with van der Waals surface area (Å²) >= 11 is 0. The van der Waals surface area contributed by atoms with Crippen molar-refractivity contribution in [1.82, 2.24) is 30.0 Å². The van der Waals surface area contributed by atoms with E-state index in [-0.39, 0.29) is 18.0 Å². The average Bonchev–Trinajstić information content (AvgIpc) is 3.38. The monoisotopic (exact) mass is 358 g/mol. The first-order chi connectivity index (χ1) is 12.7. The molecule has 0 saturated carbocycles. The molecule has 0 N–H and O–H groups in total. The van der Waals surface area contributed by atoms with Crippen molar-refractivity contribution in [3.63, 3.8) is 0 Å². The van der Waals surface area contributed by atoms with Gasteiger partial charge in [0.1, 0.15) is 18.0 Å². The number of piperidine rings is 1. The fraction of sp³-hybridized carbons (Fsp3) is 0.529. The van der Waals surface area contributed by atoms with E-state index >= 15 is 0 Å². The predicted molar refractivity (Wildman–Crippen MR) is 87.6 cm³/mol. The molecule has 2 fully saturated rings. The Morgan fingerprint density at radius 1 is 1.15 bits per heavy atom. The van der Waals surface area contributed by atoms with Crippen molar-refractivity contribution in [3.8, 4) is 0 Å². The largest absolute Gasteiger partial charge is 0.444 e. The maximum Gasteiger partial charge on any atom is 0.411 e. The molecule has 0 spiro atoms. The normalized spacial score (nSPS) is 29.7. The molecule has 2 aromatic rings. The third-order valence-corrected chi connectivity index (χ3v) is 5.61. The SMILES string of the molecule is O=C(OC1CN2CCC1C2)N1CCn2nnnc2C1c1ccc(F)cc1. The third kappa shape index (κ3) is 2.54. The molecule has 3 aliphatic heterocycles. The van der Waals surface area contributed by atoms with E-state index < -0.39 is 6.04 Å². The van der Waals surface area contributed by atoms with Crippen molar-refractivity contribution in [3.05, 3.63) is 41.5 Å². The lowest BCUT2D eigenvalue weighted by Gasteiger charge is -2.35. The average molecular weight is 358 g/mol. The summed E-state index contributed by atoms with van der Waals surface area (Å²) in [5.41, 5.74) is 0.760. The summed E-state index contributed by atoms with van der Waals surface area (Å²) in [5.74, 6) is 0.671. The molecular formula is C17H19FN6O2. The van der Waals surface area contributed by atoms with Crippen LogP contribution in [-0.2, 0) is 11.3 Å². The van der Waals surface area contributed by atoms with Gasteiger partial charge >= 0.3 is 6.09 Å². The summed E-state index contributed by atoms with van der Waals surface area (Å²) in [6.07, 6.45) is 0.674. The Balaban J connectivity index is 1.42. The van der Waals surface area contributed by atoms with Gasteiger partial charge in [0.25, 0.3) is 0 Å². The second kappa shape index (κ2) is 6.01. The molecule has 2 saturated heterocycles. The fourth-order valence-electron chi connectivity index (χ4n) is 4.27. The highest BCUT2D eigenvalue weighted by Crippen LogP contribution is 2.34. The maximum atomic E-state index is 13.3. The van der Waals surface area contributed by atoms with E-state index in [1.165, 1.54) is 12.1 Å². The number of aromatic nitrogens is 4. The van der Waals surface area contributed by atoms with Gasteiger partial charge in [0.05, 0.1) is 6.54 Å². The number of hydrogen-bond donors (Lipinski definition) is 0. The Labute approximate surface area is 149 Å². The Morgan fingerprint density at radius 3 is 2.73 bits per heavy atom. The van der Waals surface area contributed by atoms with Gasteiger partial charge in [-0.2, -0.15) is 0 Å². The van der Waals surface area contributed by atoms with Crippen LogP contribution in [0, 0.1) is 11.7 Å². The number of carbonyl (C=O) groups excluding carboxylic acids is 1. The number of benzene rings is 1. The van der Waals surface area contributed by atoms with Crippen molar-refractivity contribution < 1.29 is 13.9 Å². The van der Waals surface area contributed by atoms with E-state index in [1.54, 1.807) is 21.7 Å². The van der Waals surface area contributed by atoms with Gasteiger partial charge in [-0.25, -0.2) is 13.9 Å². The van der Waals surface area contributed by atoms with Crippen LogP contribution in [0.4, 0.5) is 9.18 Å². The molecule has 4 atom stereocenters. The Hall–Kier alpha value is -2.55. The van der Waals surface area contributed by atoms with Gasteiger partial charge in [-0.05, 0) is 41.1 Å². The number of amides is 1. The number of tetrazole rings is 1. The van der Waals surface area contributed by atoms with Crippen molar-refractivity contribution in [2.24, 2.45) is 5.92 Å². The van der Waals surface area contributed by atoms with Gasteiger partial charge in [0, 0.05) is 25.6 Å². The highest BCUT2D eigenvalue weighted by Gasteiger charge is 2.43. The van der Waals surface area contributed by atoms with Gasteiger partial charge in [-0.15, -0.1) is 5.10 Å². The number of ether oxygens (including phenoxy) is 1. The molecule has 9 heteroatoms. The second-order valence-electron chi connectivity index (χ2n) is 7.14.